The number of alkyl halides is 3. The van der Waals surface area contributed by atoms with E-state index in [-0.39, 0.29) is 0 Å². The Morgan fingerprint density at radius 1 is 1.38 bits per heavy atom. The molecule has 1 aromatic carbocycles. The molecule has 0 aliphatic carbocycles. The fourth-order valence-electron chi connectivity index (χ4n) is 1.68. The molecule has 0 atom stereocenters. The van der Waals surface area contributed by atoms with E-state index < -0.39 is 17.8 Å². The summed E-state index contributed by atoms with van der Waals surface area (Å²) >= 11 is 0. The molecule has 0 saturated carbocycles. The Hall–Kier alpha value is -1.23. The summed E-state index contributed by atoms with van der Waals surface area (Å²) in [5.74, 6) is 0. The SMILES string of the molecule is [2H]c1ccc(N2CCN([2H])CC2)cc1C(F)(F)F. The molecule has 2 nitrogen and oxygen atoms in total. The molecule has 5 heteroatoms. The van der Waals surface area contributed by atoms with Crippen molar-refractivity contribution in [3.63, 3.8) is 0 Å². The monoisotopic (exact) mass is 232 g/mol. The normalized spacial score (nSPS) is 20.6. The Kier molecular flexibility index (Phi) is 2.40. The van der Waals surface area contributed by atoms with Crippen LogP contribution in [0.1, 0.15) is 6.93 Å². The van der Waals surface area contributed by atoms with Gasteiger partial charge >= 0.3 is 6.18 Å². The van der Waals surface area contributed by atoms with Crippen LogP contribution in [0.2, 0.25) is 1.41 Å². The van der Waals surface area contributed by atoms with Crippen LogP contribution in [0, 0.1) is 0 Å². The highest BCUT2D eigenvalue weighted by Crippen LogP contribution is 2.31. The summed E-state index contributed by atoms with van der Waals surface area (Å²) in [4.78, 5) is 1.81. The number of rotatable bonds is 1. The molecule has 88 valence electrons. The molecule has 0 aromatic heterocycles. The maximum atomic E-state index is 12.7. The fourth-order valence-corrected chi connectivity index (χ4v) is 1.68. The number of anilines is 1. The van der Waals surface area contributed by atoms with Gasteiger partial charge in [0.2, 0.25) is 0 Å². The molecule has 0 radical (unpaired) electrons. The van der Waals surface area contributed by atoms with Crippen LogP contribution in [0.15, 0.2) is 24.2 Å². The van der Waals surface area contributed by atoms with Crippen molar-refractivity contribution in [1.82, 2.24) is 5.31 Å². The highest BCUT2D eigenvalue weighted by molar-refractivity contribution is 5.49. The number of nitrogens with zero attached hydrogens (tertiary/aromatic N) is 1. The van der Waals surface area contributed by atoms with E-state index >= 15 is 0 Å². The first-order valence-electron chi connectivity index (χ1n) is 5.99. The van der Waals surface area contributed by atoms with Gasteiger partial charge in [-0.1, -0.05) is 6.07 Å². The predicted molar refractivity (Wildman–Crippen MR) is 56.5 cm³/mol. The van der Waals surface area contributed by atoms with Gasteiger partial charge in [-0.25, -0.2) is 0 Å². The van der Waals surface area contributed by atoms with Gasteiger partial charge in [-0.3, -0.25) is 0 Å². The minimum absolute atomic E-state index is 0.464. The van der Waals surface area contributed by atoms with Crippen LogP contribution in [0.25, 0.3) is 0 Å². The van der Waals surface area contributed by atoms with E-state index in [9.17, 15) is 13.2 Å². The Morgan fingerprint density at radius 2 is 2.06 bits per heavy atom. The van der Waals surface area contributed by atoms with Crippen molar-refractivity contribution in [2.75, 3.05) is 31.1 Å². The number of piperazine rings is 1. The summed E-state index contributed by atoms with van der Waals surface area (Å²) in [5, 5.41) is 1.39. The second-order valence-corrected chi connectivity index (χ2v) is 3.62. The summed E-state index contributed by atoms with van der Waals surface area (Å²) in [6, 6.07) is 3.20. The largest absolute Gasteiger partial charge is 0.416 e. The molecule has 0 unspecified atom stereocenters. The zero-order chi connectivity index (χ0) is 13.3. The maximum absolute atomic E-state index is 12.7. The maximum Gasteiger partial charge on any atom is 0.416 e. The minimum Gasteiger partial charge on any atom is -0.369 e. The Balaban J connectivity index is 2.24. The first-order chi connectivity index (χ1) is 8.38. The number of hydrogen-bond acceptors (Lipinski definition) is 2. The van der Waals surface area contributed by atoms with Crippen LogP contribution in [-0.2, 0) is 6.18 Å². The van der Waals surface area contributed by atoms with Crippen molar-refractivity contribution in [3.05, 3.63) is 29.8 Å². The molecule has 1 heterocycles. The first-order valence-corrected chi connectivity index (χ1v) is 5.04. The van der Waals surface area contributed by atoms with Crippen molar-refractivity contribution in [2.45, 2.75) is 6.18 Å². The summed E-state index contributed by atoms with van der Waals surface area (Å²) in [7, 11) is 0. The smallest absolute Gasteiger partial charge is 0.369 e. The van der Waals surface area contributed by atoms with E-state index in [0.717, 1.165) is 6.07 Å². The van der Waals surface area contributed by atoms with Gasteiger partial charge in [-0.2, -0.15) is 13.2 Å². The standard InChI is InChI=1S/C11H13F3N2/c12-11(13,14)9-2-1-3-10(8-9)16-6-4-15-5-7-16/h1-3,8,15H,4-7H2/i2D/hD. The van der Waals surface area contributed by atoms with Gasteiger partial charge in [0.05, 0.1) is 6.93 Å². The minimum atomic E-state index is -4.50. The number of nitrogens with one attached hydrogen (secondary N) is 1. The highest BCUT2D eigenvalue weighted by atomic mass is 19.4. The zero-order valence-electron chi connectivity index (χ0n) is 10.6. The van der Waals surface area contributed by atoms with Crippen molar-refractivity contribution >= 4 is 5.69 Å². The predicted octanol–water partition coefficient (Wildman–Crippen LogP) is 2.12. The van der Waals surface area contributed by atoms with E-state index in [1.807, 2.05) is 0 Å². The molecule has 1 aliphatic rings. The average molecular weight is 232 g/mol. The third kappa shape index (κ3) is 2.47. The number of halogens is 3. The Labute approximate surface area is 94.9 Å². The van der Waals surface area contributed by atoms with Gasteiger partial charge in [0.25, 0.3) is 0 Å². The molecule has 1 N–H and O–H groups in total. The average Bonchev–Trinajstić information content (AvgIpc) is 2.29. The molecule has 0 amide bonds. The van der Waals surface area contributed by atoms with Gasteiger partial charge in [-0.15, -0.1) is 0 Å². The molecule has 1 aromatic rings. The van der Waals surface area contributed by atoms with Crippen LogP contribution in [0.4, 0.5) is 18.9 Å². The molecule has 2 rings (SSSR count). The molecule has 1 aliphatic heterocycles. The zero-order valence-corrected chi connectivity index (χ0v) is 8.59. The fraction of sp³-hybridized carbons (Fsp3) is 0.455. The lowest BCUT2D eigenvalue weighted by atomic mass is 10.1. The van der Waals surface area contributed by atoms with E-state index in [1.165, 1.54) is 17.4 Å². The third-order valence-electron chi connectivity index (χ3n) is 2.51. The molecule has 0 spiro atoms. The van der Waals surface area contributed by atoms with E-state index in [1.54, 1.807) is 4.90 Å². The summed E-state index contributed by atoms with van der Waals surface area (Å²) in [6.45, 7) is 2.06. The van der Waals surface area contributed by atoms with Crippen molar-refractivity contribution in [1.29, 1.82) is 0 Å². The Bertz CT molecular complexity index is 429. The second kappa shape index (κ2) is 4.33. The molecular formula is C11H13F3N2. The lowest BCUT2D eigenvalue weighted by molar-refractivity contribution is -0.137. The van der Waals surface area contributed by atoms with Crippen LogP contribution in [0.3, 0.4) is 0 Å². The van der Waals surface area contributed by atoms with E-state index in [4.69, 9.17) is 2.78 Å². The topological polar surface area (TPSA) is 15.3 Å². The molecule has 16 heavy (non-hydrogen) atoms. The van der Waals surface area contributed by atoms with Crippen molar-refractivity contribution < 1.29 is 16.0 Å². The van der Waals surface area contributed by atoms with E-state index in [2.05, 4.69) is 0 Å². The van der Waals surface area contributed by atoms with Crippen molar-refractivity contribution in [3.8, 4) is 0 Å². The van der Waals surface area contributed by atoms with Gasteiger partial charge in [0, 0.05) is 31.9 Å². The van der Waals surface area contributed by atoms with Crippen molar-refractivity contribution in [2.24, 2.45) is 0 Å². The lowest BCUT2D eigenvalue weighted by Crippen LogP contribution is -2.43. The quantitative estimate of drug-likeness (QED) is 0.797. The summed E-state index contributed by atoms with van der Waals surface area (Å²) < 4.78 is 52.7. The molecule has 0 bridgehead atoms. The highest BCUT2D eigenvalue weighted by Gasteiger charge is 2.30. The number of hydrogen-bond donors (Lipinski definition) is 1. The van der Waals surface area contributed by atoms with Crippen LogP contribution >= 0.6 is 0 Å². The van der Waals surface area contributed by atoms with Gasteiger partial charge in [0.1, 0.15) is 1.41 Å². The first kappa shape index (κ1) is 8.87. The van der Waals surface area contributed by atoms with Crippen LogP contribution in [0.5, 0.6) is 0 Å². The van der Waals surface area contributed by atoms with Gasteiger partial charge in [-0.05, 0) is 18.2 Å². The molecule has 1 fully saturated rings. The van der Waals surface area contributed by atoms with E-state index in [0.29, 0.717) is 31.9 Å². The van der Waals surface area contributed by atoms with Gasteiger partial charge < -0.3 is 10.2 Å². The second-order valence-electron chi connectivity index (χ2n) is 3.62. The van der Waals surface area contributed by atoms with Crippen LogP contribution < -0.4 is 10.2 Å². The van der Waals surface area contributed by atoms with Gasteiger partial charge in [0.15, 0.2) is 0 Å². The Morgan fingerprint density at radius 3 is 2.69 bits per heavy atom. The summed E-state index contributed by atoms with van der Waals surface area (Å²) in [5.41, 5.74) is -0.445. The summed E-state index contributed by atoms with van der Waals surface area (Å²) in [6.07, 6.45) is -4.50. The lowest BCUT2D eigenvalue weighted by Gasteiger charge is -2.29. The molecular weight excluding hydrogens is 217 g/mol. The number of benzene rings is 1. The third-order valence-corrected chi connectivity index (χ3v) is 2.51. The molecule has 1 saturated heterocycles. The van der Waals surface area contributed by atoms with Crippen LogP contribution in [-0.4, -0.2) is 26.2 Å².